The van der Waals surface area contributed by atoms with E-state index in [0.717, 1.165) is 12.2 Å². The minimum atomic E-state index is -0.458. The molecule has 0 aliphatic rings. The van der Waals surface area contributed by atoms with E-state index in [0.29, 0.717) is 5.88 Å². The second-order valence-corrected chi connectivity index (χ2v) is 5.57. The average Bonchev–Trinajstić information content (AvgIpc) is 2.09. The first-order chi connectivity index (χ1) is 6.89. The number of alkyl halides is 1. The van der Waals surface area contributed by atoms with Crippen LogP contribution in [0.5, 0.6) is 0 Å². The molecule has 0 bridgehead atoms. The highest BCUT2D eigenvalue weighted by atomic mass is 35.5. The smallest absolute Gasteiger partial charge is 0.407 e. The van der Waals surface area contributed by atoms with Crippen molar-refractivity contribution in [2.75, 3.05) is 17.9 Å². The molecule has 0 saturated carbocycles. The molecule has 3 nitrogen and oxygen atoms in total. The quantitative estimate of drug-likeness (QED) is 0.766. The molecule has 0 spiro atoms. The van der Waals surface area contributed by atoms with Gasteiger partial charge in [0.1, 0.15) is 5.60 Å². The summed E-state index contributed by atoms with van der Waals surface area (Å²) in [4.78, 5) is 11.4. The molecule has 0 rings (SSSR count). The van der Waals surface area contributed by atoms with Crippen LogP contribution in [0, 0.1) is 0 Å². The van der Waals surface area contributed by atoms with Crippen molar-refractivity contribution in [2.45, 2.75) is 38.8 Å². The van der Waals surface area contributed by atoms with Gasteiger partial charge in [-0.2, -0.15) is 11.8 Å². The standard InChI is InChI=1S/C10H20ClNO2S/c1-10(2,3)14-9(13)12-8(7-11)5-6-15-4/h8H,5-7H2,1-4H3,(H,12,13)/t8-/m0/s1. The Morgan fingerprint density at radius 3 is 2.53 bits per heavy atom. The number of amides is 1. The number of hydrogen-bond donors (Lipinski definition) is 1. The summed E-state index contributed by atoms with van der Waals surface area (Å²) >= 11 is 7.47. The van der Waals surface area contributed by atoms with E-state index >= 15 is 0 Å². The third-order valence-electron chi connectivity index (χ3n) is 1.58. The number of thioether (sulfide) groups is 1. The largest absolute Gasteiger partial charge is 0.444 e. The van der Waals surface area contributed by atoms with Crippen molar-refractivity contribution in [2.24, 2.45) is 0 Å². The minimum absolute atomic E-state index is 0.00559. The Bertz CT molecular complexity index is 194. The van der Waals surface area contributed by atoms with E-state index in [1.165, 1.54) is 0 Å². The van der Waals surface area contributed by atoms with Crippen LogP contribution in [0.3, 0.4) is 0 Å². The van der Waals surface area contributed by atoms with E-state index in [2.05, 4.69) is 5.32 Å². The predicted molar refractivity (Wildman–Crippen MR) is 66.9 cm³/mol. The van der Waals surface area contributed by atoms with Crippen LogP contribution in [0.15, 0.2) is 0 Å². The second-order valence-electron chi connectivity index (χ2n) is 4.28. The van der Waals surface area contributed by atoms with E-state index in [9.17, 15) is 4.79 Å². The van der Waals surface area contributed by atoms with Gasteiger partial charge in [-0.25, -0.2) is 4.79 Å². The summed E-state index contributed by atoms with van der Waals surface area (Å²) in [6, 6.07) is -0.00559. The average molecular weight is 254 g/mol. The third kappa shape index (κ3) is 8.88. The molecule has 0 aromatic rings. The predicted octanol–water partition coefficient (Wildman–Crippen LogP) is 2.87. The molecule has 0 radical (unpaired) electrons. The van der Waals surface area contributed by atoms with Crippen molar-refractivity contribution < 1.29 is 9.53 Å². The highest BCUT2D eigenvalue weighted by Crippen LogP contribution is 2.08. The summed E-state index contributed by atoms with van der Waals surface area (Å²) in [5.41, 5.74) is -0.458. The number of halogens is 1. The molecule has 5 heteroatoms. The molecule has 0 aromatic heterocycles. The van der Waals surface area contributed by atoms with E-state index < -0.39 is 11.7 Å². The van der Waals surface area contributed by atoms with Crippen molar-refractivity contribution in [3.63, 3.8) is 0 Å². The van der Waals surface area contributed by atoms with Gasteiger partial charge in [0.2, 0.25) is 0 Å². The van der Waals surface area contributed by atoms with Crippen molar-refractivity contribution in [1.82, 2.24) is 5.32 Å². The number of ether oxygens (including phenoxy) is 1. The molecule has 15 heavy (non-hydrogen) atoms. The van der Waals surface area contributed by atoms with Gasteiger partial charge in [-0.15, -0.1) is 11.6 Å². The normalized spacial score (nSPS) is 13.4. The summed E-state index contributed by atoms with van der Waals surface area (Å²) < 4.78 is 5.13. The maximum absolute atomic E-state index is 11.4. The van der Waals surface area contributed by atoms with Crippen molar-refractivity contribution in [3.8, 4) is 0 Å². The van der Waals surface area contributed by atoms with Gasteiger partial charge in [0.25, 0.3) is 0 Å². The van der Waals surface area contributed by atoms with Gasteiger partial charge in [0, 0.05) is 11.9 Å². The zero-order valence-electron chi connectivity index (χ0n) is 9.80. The number of nitrogens with one attached hydrogen (secondary N) is 1. The minimum Gasteiger partial charge on any atom is -0.444 e. The van der Waals surface area contributed by atoms with Crippen LogP contribution in [0.2, 0.25) is 0 Å². The number of alkyl carbamates (subject to hydrolysis) is 1. The molecule has 1 amide bonds. The van der Waals surface area contributed by atoms with Gasteiger partial charge in [-0.3, -0.25) is 0 Å². The zero-order valence-corrected chi connectivity index (χ0v) is 11.4. The number of rotatable bonds is 5. The maximum Gasteiger partial charge on any atom is 0.407 e. The molecule has 0 unspecified atom stereocenters. The van der Waals surface area contributed by atoms with E-state index in [4.69, 9.17) is 16.3 Å². The van der Waals surface area contributed by atoms with E-state index in [1.807, 2.05) is 27.0 Å². The molecule has 0 fully saturated rings. The first-order valence-corrected chi connectivity index (χ1v) is 6.86. The van der Waals surface area contributed by atoms with E-state index in [-0.39, 0.29) is 6.04 Å². The highest BCUT2D eigenvalue weighted by molar-refractivity contribution is 7.98. The molecule has 0 aliphatic heterocycles. The van der Waals surface area contributed by atoms with Crippen LogP contribution in [-0.4, -0.2) is 35.6 Å². The molecule has 1 N–H and O–H groups in total. The Morgan fingerprint density at radius 2 is 2.13 bits per heavy atom. The summed E-state index contributed by atoms with van der Waals surface area (Å²) in [7, 11) is 0. The SMILES string of the molecule is CSCC[C@@H](CCl)NC(=O)OC(C)(C)C. The second kappa shape index (κ2) is 7.23. The Labute approximate surface area is 101 Å². The van der Waals surface area contributed by atoms with Crippen LogP contribution in [-0.2, 0) is 4.74 Å². The summed E-state index contributed by atoms with van der Waals surface area (Å²) in [6.07, 6.45) is 2.50. The Kier molecular flexibility index (Phi) is 7.18. The summed E-state index contributed by atoms with van der Waals surface area (Å²) in [5, 5.41) is 2.75. The molecular formula is C10H20ClNO2S. The van der Waals surface area contributed by atoms with Gasteiger partial charge >= 0.3 is 6.09 Å². The van der Waals surface area contributed by atoms with Gasteiger partial charge in [0.05, 0.1) is 0 Å². The molecule has 0 aliphatic carbocycles. The summed E-state index contributed by atoms with van der Waals surface area (Å²) in [5.74, 6) is 1.40. The molecule has 90 valence electrons. The molecule has 0 aromatic carbocycles. The van der Waals surface area contributed by atoms with Crippen molar-refractivity contribution in [1.29, 1.82) is 0 Å². The molecule has 1 atom stereocenters. The fourth-order valence-corrected chi connectivity index (χ4v) is 1.67. The fraction of sp³-hybridized carbons (Fsp3) is 0.900. The molecule has 0 heterocycles. The number of carbonyl (C=O) groups excluding carboxylic acids is 1. The lowest BCUT2D eigenvalue weighted by molar-refractivity contribution is 0.0508. The monoisotopic (exact) mass is 253 g/mol. The van der Waals surface area contributed by atoms with Gasteiger partial charge in [-0.05, 0) is 39.2 Å². The first-order valence-electron chi connectivity index (χ1n) is 4.93. The van der Waals surface area contributed by atoms with E-state index in [1.54, 1.807) is 11.8 Å². The first kappa shape index (κ1) is 14.9. The summed E-state index contributed by atoms with van der Waals surface area (Å²) in [6.45, 7) is 5.51. The van der Waals surface area contributed by atoms with Crippen molar-refractivity contribution >= 4 is 29.5 Å². The Hall–Kier alpha value is -0.0900. The third-order valence-corrected chi connectivity index (χ3v) is 2.59. The van der Waals surface area contributed by atoms with Crippen LogP contribution in [0.25, 0.3) is 0 Å². The Morgan fingerprint density at radius 1 is 1.53 bits per heavy atom. The van der Waals surface area contributed by atoms with Crippen LogP contribution in [0.4, 0.5) is 4.79 Å². The topological polar surface area (TPSA) is 38.3 Å². The highest BCUT2D eigenvalue weighted by Gasteiger charge is 2.18. The van der Waals surface area contributed by atoms with Crippen LogP contribution < -0.4 is 5.32 Å². The Balaban J connectivity index is 3.91. The lowest BCUT2D eigenvalue weighted by Gasteiger charge is -2.22. The lowest BCUT2D eigenvalue weighted by Crippen LogP contribution is -2.40. The van der Waals surface area contributed by atoms with Gasteiger partial charge in [-0.1, -0.05) is 0 Å². The maximum atomic E-state index is 11.4. The molecular weight excluding hydrogens is 234 g/mol. The van der Waals surface area contributed by atoms with Crippen LogP contribution >= 0.6 is 23.4 Å². The van der Waals surface area contributed by atoms with Crippen molar-refractivity contribution in [3.05, 3.63) is 0 Å². The number of hydrogen-bond acceptors (Lipinski definition) is 3. The molecule has 0 saturated heterocycles. The van der Waals surface area contributed by atoms with Crippen LogP contribution in [0.1, 0.15) is 27.2 Å². The van der Waals surface area contributed by atoms with Gasteiger partial charge < -0.3 is 10.1 Å². The number of carbonyl (C=O) groups is 1. The lowest BCUT2D eigenvalue weighted by atomic mass is 10.2. The fourth-order valence-electron chi connectivity index (χ4n) is 0.922. The zero-order chi connectivity index (χ0) is 11.9. The van der Waals surface area contributed by atoms with Gasteiger partial charge in [0.15, 0.2) is 0 Å².